The first-order valence-corrected chi connectivity index (χ1v) is 9.33. The van der Waals surface area contributed by atoms with Crippen LogP contribution in [0.2, 0.25) is 0 Å². The number of carbonyl (C=O) groups excluding carboxylic acids is 1. The Labute approximate surface area is 159 Å². The highest BCUT2D eigenvalue weighted by Crippen LogP contribution is 2.45. The van der Waals surface area contributed by atoms with Gasteiger partial charge in [-0.05, 0) is 42.9 Å². The van der Waals surface area contributed by atoms with Gasteiger partial charge in [-0.2, -0.15) is 0 Å². The summed E-state index contributed by atoms with van der Waals surface area (Å²) in [6.45, 7) is 0.487. The molecule has 3 rings (SSSR count). The molecule has 2 fully saturated rings. The van der Waals surface area contributed by atoms with Gasteiger partial charge in [-0.15, -0.1) is 0 Å². The number of benzene rings is 1. The third kappa shape index (κ3) is 3.96. The predicted octanol–water partition coefficient (Wildman–Crippen LogP) is 2.67. The maximum Gasteiger partial charge on any atom is 0.326 e. The van der Waals surface area contributed by atoms with Gasteiger partial charge in [0.05, 0.1) is 27.2 Å². The van der Waals surface area contributed by atoms with Crippen molar-refractivity contribution in [1.29, 1.82) is 0 Å². The molecule has 1 heterocycles. The molecule has 1 aliphatic heterocycles. The molecule has 1 aliphatic carbocycles. The predicted molar refractivity (Wildman–Crippen MR) is 98.6 cm³/mol. The van der Waals surface area contributed by atoms with E-state index in [1.54, 1.807) is 26.4 Å². The molecule has 27 heavy (non-hydrogen) atoms. The van der Waals surface area contributed by atoms with Crippen molar-refractivity contribution in [3.63, 3.8) is 0 Å². The van der Waals surface area contributed by atoms with Crippen LogP contribution in [0, 0.1) is 5.92 Å². The van der Waals surface area contributed by atoms with E-state index in [0.717, 1.165) is 18.4 Å². The number of rotatable bonds is 8. The van der Waals surface area contributed by atoms with E-state index in [1.165, 1.54) is 12.0 Å². The van der Waals surface area contributed by atoms with Crippen molar-refractivity contribution in [1.82, 2.24) is 4.90 Å². The van der Waals surface area contributed by atoms with E-state index >= 15 is 0 Å². The second kappa shape index (κ2) is 8.06. The summed E-state index contributed by atoms with van der Waals surface area (Å²) in [4.78, 5) is 26.4. The third-order valence-corrected chi connectivity index (χ3v) is 5.47. The molecule has 2 atom stereocenters. The van der Waals surface area contributed by atoms with Crippen LogP contribution in [0.4, 0.5) is 0 Å². The normalized spacial score (nSPS) is 20.3. The van der Waals surface area contributed by atoms with E-state index in [4.69, 9.17) is 14.2 Å². The molecular weight excluding hydrogens is 350 g/mol. The summed E-state index contributed by atoms with van der Waals surface area (Å²) in [6, 6.07) is 2.87. The smallest absolute Gasteiger partial charge is 0.326 e. The average Bonchev–Trinajstić information content (AvgIpc) is 3.36. The zero-order valence-electron chi connectivity index (χ0n) is 16.1. The number of hydrogen-bond acceptors (Lipinski definition) is 5. The molecule has 0 aromatic heterocycles. The van der Waals surface area contributed by atoms with Crippen LogP contribution in [0.15, 0.2) is 12.1 Å². The number of likely N-dealkylation sites (tertiary alicyclic amines) is 1. The van der Waals surface area contributed by atoms with Gasteiger partial charge < -0.3 is 24.2 Å². The van der Waals surface area contributed by atoms with E-state index in [-0.39, 0.29) is 5.91 Å². The highest BCUT2D eigenvalue weighted by molar-refractivity contribution is 5.89. The highest BCUT2D eigenvalue weighted by Gasteiger charge is 2.40. The van der Waals surface area contributed by atoms with E-state index in [0.29, 0.717) is 49.0 Å². The molecule has 7 nitrogen and oxygen atoms in total. The molecule has 0 radical (unpaired) electrons. The first kappa shape index (κ1) is 19.3. The number of methoxy groups -OCH3 is 3. The Morgan fingerprint density at radius 1 is 1.11 bits per heavy atom. The standard InChI is InChI=1S/C20H27NO6/c1-25-16-10-13(11-17(26-2)18(16)27-3)14(9-12-6-7-12)19(22)21-8-4-5-15(21)20(23)24/h10-12,14-15H,4-9H2,1-3H3,(H,23,24). The van der Waals surface area contributed by atoms with Crippen molar-refractivity contribution in [3.05, 3.63) is 17.7 Å². The Morgan fingerprint density at radius 3 is 2.22 bits per heavy atom. The Bertz CT molecular complexity index is 689. The van der Waals surface area contributed by atoms with Gasteiger partial charge in [-0.3, -0.25) is 4.79 Å². The van der Waals surface area contributed by atoms with Crippen LogP contribution in [-0.4, -0.2) is 55.8 Å². The number of nitrogens with zero attached hydrogens (tertiary/aromatic N) is 1. The molecule has 0 spiro atoms. The summed E-state index contributed by atoms with van der Waals surface area (Å²) in [5.74, 6) is 0.506. The van der Waals surface area contributed by atoms with Gasteiger partial charge in [0.25, 0.3) is 0 Å². The van der Waals surface area contributed by atoms with Gasteiger partial charge in [0.2, 0.25) is 11.7 Å². The lowest BCUT2D eigenvalue weighted by molar-refractivity contribution is -0.148. The lowest BCUT2D eigenvalue weighted by Crippen LogP contribution is -2.43. The molecule has 2 aliphatic rings. The second-order valence-electron chi connectivity index (χ2n) is 7.22. The molecule has 1 amide bonds. The minimum absolute atomic E-state index is 0.124. The summed E-state index contributed by atoms with van der Waals surface area (Å²) in [7, 11) is 4.62. The van der Waals surface area contributed by atoms with Gasteiger partial charge in [0.15, 0.2) is 11.5 Å². The second-order valence-corrected chi connectivity index (χ2v) is 7.22. The quantitative estimate of drug-likeness (QED) is 0.750. The SMILES string of the molecule is COc1cc(C(CC2CC2)C(=O)N2CCCC2C(=O)O)cc(OC)c1OC. The Balaban J connectivity index is 1.97. The first-order chi connectivity index (χ1) is 13.0. The van der Waals surface area contributed by atoms with Crippen molar-refractivity contribution in [3.8, 4) is 17.2 Å². The Kier molecular flexibility index (Phi) is 5.77. The maximum absolute atomic E-state index is 13.3. The monoisotopic (exact) mass is 377 g/mol. The highest BCUT2D eigenvalue weighted by atomic mass is 16.5. The zero-order chi connectivity index (χ0) is 19.6. The van der Waals surface area contributed by atoms with Crippen LogP contribution in [0.1, 0.15) is 43.6 Å². The van der Waals surface area contributed by atoms with E-state index in [1.807, 2.05) is 0 Å². The van der Waals surface area contributed by atoms with Gasteiger partial charge in [-0.25, -0.2) is 4.79 Å². The topological polar surface area (TPSA) is 85.3 Å². The van der Waals surface area contributed by atoms with Crippen LogP contribution >= 0.6 is 0 Å². The summed E-state index contributed by atoms with van der Waals surface area (Å²) in [6.07, 6.45) is 4.15. The van der Waals surface area contributed by atoms with Crippen LogP contribution in [0.3, 0.4) is 0 Å². The molecule has 1 saturated heterocycles. The summed E-state index contributed by atoms with van der Waals surface area (Å²) in [5.41, 5.74) is 0.775. The molecule has 148 valence electrons. The van der Waals surface area contributed by atoms with Crippen LogP contribution in [-0.2, 0) is 9.59 Å². The van der Waals surface area contributed by atoms with Gasteiger partial charge in [0.1, 0.15) is 6.04 Å². The van der Waals surface area contributed by atoms with Crippen molar-refractivity contribution >= 4 is 11.9 Å². The number of carbonyl (C=O) groups is 2. The third-order valence-electron chi connectivity index (χ3n) is 5.47. The van der Waals surface area contributed by atoms with Crippen LogP contribution in [0.5, 0.6) is 17.2 Å². The number of hydrogen-bond donors (Lipinski definition) is 1. The molecule has 0 bridgehead atoms. The largest absolute Gasteiger partial charge is 0.493 e. The number of ether oxygens (including phenoxy) is 3. The zero-order valence-corrected chi connectivity index (χ0v) is 16.1. The van der Waals surface area contributed by atoms with Crippen molar-refractivity contribution < 1.29 is 28.9 Å². The molecular formula is C20H27NO6. The summed E-state index contributed by atoms with van der Waals surface area (Å²) < 4.78 is 16.2. The van der Waals surface area contributed by atoms with E-state index in [9.17, 15) is 14.7 Å². The molecule has 1 saturated carbocycles. The minimum atomic E-state index is -0.934. The first-order valence-electron chi connectivity index (χ1n) is 9.33. The molecule has 1 N–H and O–H groups in total. The summed E-state index contributed by atoms with van der Waals surface area (Å²) >= 11 is 0. The molecule has 1 aromatic rings. The Hall–Kier alpha value is -2.44. The fraction of sp³-hybridized carbons (Fsp3) is 0.600. The van der Waals surface area contributed by atoms with Gasteiger partial charge in [-0.1, -0.05) is 12.8 Å². The number of aliphatic carboxylic acids is 1. The fourth-order valence-corrected chi connectivity index (χ4v) is 3.86. The maximum atomic E-state index is 13.3. The van der Waals surface area contributed by atoms with Crippen molar-refractivity contribution in [2.75, 3.05) is 27.9 Å². The molecule has 7 heteroatoms. The van der Waals surface area contributed by atoms with Crippen molar-refractivity contribution in [2.24, 2.45) is 5.92 Å². The number of carboxylic acids is 1. The number of amides is 1. The molecule has 2 unspecified atom stereocenters. The van der Waals surface area contributed by atoms with E-state index in [2.05, 4.69) is 0 Å². The van der Waals surface area contributed by atoms with Crippen LogP contribution in [0.25, 0.3) is 0 Å². The average molecular weight is 377 g/mol. The van der Waals surface area contributed by atoms with Gasteiger partial charge >= 0.3 is 5.97 Å². The van der Waals surface area contributed by atoms with Crippen LogP contribution < -0.4 is 14.2 Å². The molecule has 1 aromatic carbocycles. The Morgan fingerprint density at radius 2 is 1.74 bits per heavy atom. The van der Waals surface area contributed by atoms with E-state index < -0.39 is 17.9 Å². The summed E-state index contributed by atoms with van der Waals surface area (Å²) in [5, 5.41) is 9.46. The lowest BCUT2D eigenvalue weighted by Gasteiger charge is -2.28. The van der Waals surface area contributed by atoms with Gasteiger partial charge in [0, 0.05) is 6.54 Å². The fourth-order valence-electron chi connectivity index (χ4n) is 3.86. The number of carboxylic acid groups (broad SMARTS) is 1. The lowest BCUT2D eigenvalue weighted by atomic mass is 9.91. The minimum Gasteiger partial charge on any atom is -0.493 e. The van der Waals surface area contributed by atoms with Crippen molar-refractivity contribution in [2.45, 2.75) is 44.1 Å².